The van der Waals surface area contributed by atoms with Crippen LogP contribution in [0.15, 0.2) is 77.0 Å². The van der Waals surface area contributed by atoms with Gasteiger partial charge in [0.15, 0.2) is 11.6 Å². The minimum atomic E-state index is -0.465. The lowest BCUT2D eigenvalue weighted by molar-refractivity contribution is -0.135. The number of para-hydroxylation sites is 1. The molecule has 0 atom stereocenters. The third kappa shape index (κ3) is 7.74. The largest absolute Gasteiger partial charge is 0.424 e. The molecular formula is C25H26N6O4. The van der Waals surface area contributed by atoms with Gasteiger partial charge in [0.25, 0.3) is 5.91 Å². The number of aromatic nitrogens is 1. The smallest absolute Gasteiger partial charge is 0.311 e. The molecule has 35 heavy (non-hydrogen) atoms. The number of anilines is 2. The van der Waals surface area contributed by atoms with E-state index in [0.29, 0.717) is 11.3 Å². The maximum absolute atomic E-state index is 12.2. The molecule has 0 saturated heterocycles. The number of nitrogens with two attached hydrogens (primary N) is 1. The van der Waals surface area contributed by atoms with Gasteiger partial charge in [0, 0.05) is 12.0 Å². The molecule has 2 aromatic carbocycles. The highest BCUT2D eigenvalue weighted by Crippen LogP contribution is 2.31. The van der Waals surface area contributed by atoms with Crippen LogP contribution in [0, 0.1) is 5.92 Å². The lowest BCUT2D eigenvalue weighted by atomic mass is 10.1. The van der Waals surface area contributed by atoms with Crippen molar-refractivity contribution < 1.29 is 19.1 Å². The highest BCUT2D eigenvalue weighted by Gasteiger charge is 2.12. The summed E-state index contributed by atoms with van der Waals surface area (Å²) in [6.45, 7) is 3.62. The fraction of sp³-hybridized carbons (Fsp3) is 0.200. The Morgan fingerprint density at radius 3 is 2.34 bits per heavy atom. The van der Waals surface area contributed by atoms with Crippen LogP contribution < -0.4 is 21.1 Å². The van der Waals surface area contributed by atoms with Crippen LogP contribution in [0.5, 0.6) is 5.75 Å². The number of nitrogens with zero attached hydrogens (tertiary/aromatic N) is 3. The number of nitrogens with one attached hydrogen (secondary N) is 2. The van der Waals surface area contributed by atoms with E-state index in [1.54, 1.807) is 54.6 Å². The minimum absolute atomic E-state index is 0.0363. The molecule has 0 aliphatic carbocycles. The summed E-state index contributed by atoms with van der Waals surface area (Å²) in [4.78, 5) is 40.3. The Balaban J connectivity index is 1.60. The van der Waals surface area contributed by atoms with Crippen molar-refractivity contribution in [2.45, 2.75) is 20.3 Å². The van der Waals surface area contributed by atoms with Gasteiger partial charge < -0.3 is 21.1 Å². The van der Waals surface area contributed by atoms with E-state index < -0.39 is 5.91 Å². The van der Waals surface area contributed by atoms with Crippen molar-refractivity contribution in [3.05, 3.63) is 72.3 Å². The predicted molar refractivity (Wildman–Crippen MR) is 132 cm³/mol. The van der Waals surface area contributed by atoms with E-state index in [4.69, 9.17) is 10.5 Å². The van der Waals surface area contributed by atoms with Crippen LogP contribution in [0.4, 0.5) is 23.0 Å². The maximum atomic E-state index is 12.2. The van der Waals surface area contributed by atoms with Gasteiger partial charge in [-0.3, -0.25) is 14.4 Å². The number of nitrogen functional groups attached to an aromatic ring is 1. The predicted octanol–water partition coefficient (Wildman–Crippen LogP) is 4.40. The summed E-state index contributed by atoms with van der Waals surface area (Å²) in [6.07, 6.45) is 0.283. The quantitative estimate of drug-likeness (QED) is 0.238. The van der Waals surface area contributed by atoms with Gasteiger partial charge in [-0.2, -0.15) is 0 Å². The van der Waals surface area contributed by atoms with Gasteiger partial charge >= 0.3 is 5.97 Å². The van der Waals surface area contributed by atoms with E-state index in [1.807, 2.05) is 13.8 Å². The first-order chi connectivity index (χ1) is 16.8. The molecule has 2 amide bonds. The van der Waals surface area contributed by atoms with Gasteiger partial charge in [-0.15, -0.1) is 10.2 Å². The van der Waals surface area contributed by atoms with Gasteiger partial charge in [-0.1, -0.05) is 44.2 Å². The molecule has 0 unspecified atom stereocenters. The molecule has 3 rings (SSSR count). The normalized spacial score (nSPS) is 10.8. The van der Waals surface area contributed by atoms with Crippen LogP contribution in [-0.4, -0.2) is 29.3 Å². The molecule has 0 radical (unpaired) electrons. The molecule has 0 saturated carbocycles. The Hall–Kier alpha value is -4.60. The first-order valence-electron chi connectivity index (χ1n) is 10.9. The van der Waals surface area contributed by atoms with Gasteiger partial charge in [0.05, 0.1) is 6.54 Å². The Morgan fingerprint density at radius 1 is 0.943 bits per heavy atom. The number of benzene rings is 2. The lowest BCUT2D eigenvalue weighted by Gasteiger charge is -2.08. The van der Waals surface area contributed by atoms with Gasteiger partial charge in [0.2, 0.25) is 5.91 Å². The fourth-order valence-corrected chi connectivity index (χ4v) is 2.89. The lowest BCUT2D eigenvalue weighted by Crippen LogP contribution is -2.33. The molecule has 3 aromatic rings. The highest BCUT2D eigenvalue weighted by molar-refractivity contribution is 5.99. The third-order valence-corrected chi connectivity index (χ3v) is 4.54. The monoisotopic (exact) mass is 474 g/mol. The number of hydrogen-bond acceptors (Lipinski definition) is 8. The molecule has 0 fully saturated rings. The molecule has 0 aliphatic rings. The van der Waals surface area contributed by atoms with Gasteiger partial charge in [0.1, 0.15) is 17.2 Å². The number of amides is 2. The van der Waals surface area contributed by atoms with E-state index in [-0.39, 0.29) is 53.8 Å². The molecule has 4 N–H and O–H groups in total. The Bertz CT molecular complexity index is 1230. The van der Waals surface area contributed by atoms with Crippen molar-refractivity contribution in [1.82, 2.24) is 10.3 Å². The molecule has 0 bridgehead atoms. The molecule has 0 spiro atoms. The second-order valence-electron chi connectivity index (χ2n) is 7.94. The molecule has 1 aromatic heterocycles. The van der Waals surface area contributed by atoms with Crippen molar-refractivity contribution in [3.8, 4) is 5.75 Å². The maximum Gasteiger partial charge on any atom is 0.311 e. The summed E-state index contributed by atoms with van der Waals surface area (Å²) in [7, 11) is 0. The number of rotatable bonds is 9. The van der Waals surface area contributed by atoms with Gasteiger partial charge in [-0.25, -0.2) is 4.98 Å². The zero-order chi connectivity index (χ0) is 25.2. The van der Waals surface area contributed by atoms with Crippen LogP contribution >= 0.6 is 0 Å². The number of hydrogen-bond donors (Lipinski definition) is 3. The number of carbonyl (C=O) groups excluding carboxylic acids is 3. The van der Waals surface area contributed by atoms with Crippen LogP contribution in [0.25, 0.3) is 0 Å². The first-order valence-corrected chi connectivity index (χ1v) is 10.9. The summed E-state index contributed by atoms with van der Waals surface area (Å²) in [5.74, 6) is -0.496. The average molecular weight is 475 g/mol. The second kappa shape index (κ2) is 12.0. The Labute approximate surface area is 202 Å². The minimum Gasteiger partial charge on any atom is -0.424 e. The fourth-order valence-electron chi connectivity index (χ4n) is 2.89. The number of carbonyl (C=O) groups is 3. The molecule has 0 aliphatic heterocycles. The SMILES string of the molecule is CC(C)CC(=O)Oc1ccccc1N=Nc1ccc(NC(=O)CNC(=O)c2ccccc2)nc1N. The molecular weight excluding hydrogens is 448 g/mol. The topological polar surface area (TPSA) is 148 Å². The number of pyridine rings is 1. The summed E-state index contributed by atoms with van der Waals surface area (Å²) in [5.41, 5.74) is 7.04. The Kier molecular flexibility index (Phi) is 8.60. The van der Waals surface area contributed by atoms with E-state index in [9.17, 15) is 14.4 Å². The summed E-state index contributed by atoms with van der Waals surface area (Å²) in [5, 5.41) is 13.3. The zero-order valence-electron chi connectivity index (χ0n) is 19.4. The molecule has 1 heterocycles. The third-order valence-electron chi connectivity index (χ3n) is 4.54. The number of ether oxygens (including phenoxy) is 1. The van der Waals surface area contributed by atoms with E-state index >= 15 is 0 Å². The van der Waals surface area contributed by atoms with Crippen molar-refractivity contribution in [1.29, 1.82) is 0 Å². The van der Waals surface area contributed by atoms with Crippen molar-refractivity contribution in [2.24, 2.45) is 16.1 Å². The summed E-state index contributed by atoms with van der Waals surface area (Å²) >= 11 is 0. The zero-order valence-corrected chi connectivity index (χ0v) is 19.4. The van der Waals surface area contributed by atoms with E-state index in [2.05, 4.69) is 25.8 Å². The Morgan fingerprint density at radius 2 is 1.63 bits per heavy atom. The summed E-state index contributed by atoms with van der Waals surface area (Å²) < 4.78 is 5.39. The van der Waals surface area contributed by atoms with Gasteiger partial charge in [-0.05, 0) is 42.3 Å². The first kappa shape index (κ1) is 25.0. The van der Waals surface area contributed by atoms with Crippen molar-refractivity contribution >= 4 is 40.8 Å². The second-order valence-corrected chi connectivity index (χ2v) is 7.94. The number of azo groups is 1. The van der Waals surface area contributed by atoms with E-state index in [1.165, 1.54) is 12.1 Å². The molecule has 180 valence electrons. The van der Waals surface area contributed by atoms with Crippen LogP contribution in [0.2, 0.25) is 0 Å². The summed E-state index contributed by atoms with van der Waals surface area (Å²) in [6, 6.07) is 18.4. The van der Waals surface area contributed by atoms with Crippen LogP contribution in [0.3, 0.4) is 0 Å². The van der Waals surface area contributed by atoms with Crippen LogP contribution in [-0.2, 0) is 9.59 Å². The van der Waals surface area contributed by atoms with Crippen molar-refractivity contribution in [3.63, 3.8) is 0 Å². The van der Waals surface area contributed by atoms with Crippen LogP contribution in [0.1, 0.15) is 30.6 Å². The number of esters is 1. The molecule has 10 nitrogen and oxygen atoms in total. The standard InChI is InChI=1S/C25H26N6O4/c1-16(2)14-23(33)35-20-11-7-6-10-18(20)30-31-19-12-13-21(29-24(19)26)28-22(32)15-27-25(34)17-8-4-3-5-9-17/h3-13,16H,14-15H2,1-2H3,(H,27,34)(H3,26,28,29,32). The average Bonchev–Trinajstić information content (AvgIpc) is 2.83. The molecule has 10 heteroatoms. The van der Waals surface area contributed by atoms with E-state index in [0.717, 1.165) is 0 Å². The van der Waals surface area contributed by atoms with Crippen molar-refractivity contribution in [2.75, 3.05) is 17.6 Å². The highest BCUT2D eigenvalue weighted by atomic mass is 16.5.